The number of carboxylic acids is 1. The summed E-state index contributed by atoms with van der Waals surface area (Å²) >= 11 is 0. The molecule has 2 heterocycles. The number of carbonyl (C=O) groups is 2. The first-order valence-corrected chi connectivity index (χ1v) is 9.41. The SMILES string of the molecule is CC(=O)N1CCN(c2cc3c(cc2F)c(=O)c(C(=O)O)cn3C2CC2)CC1C. The largest absolute Gasteiger partial charge is 0.477 e. The first-order chi connectivity index (χ1) is 13.3. The summed E-state index contributed by atoms with van der Waals surface area (Å²) in [6.45, 7) is 4.93. The number of rotatable bonds is 3. The van der Waals surface area contributed by atoms with Crippen molar-refractivity contribution in [2.24, 2.45) is 0 Å². The van der Waals surface area contributed by atoms with Crippen LogP contribution in [0.4, 0.5) is 10.1 Å². The van der Waals surface area contributed by atoms with Crippen LogP contribution in [0.15, 0.2) is 23.1 Å². The minimum absolute atomic E-state index is 0.00472. The Morgan fingerprint density at radius 1 is 1.21 bits per heavy atom. The Bertz CT molecular complexity index is 1040. The van der Waals surface area contributed by atoms with E-state index in [2.05, 4.69) is 0 Å². The van der Waals surface area contributed by atoms with E-state index < -0.39 is 17.2 Å². The zero-order valence-electron chi connectivity index (χ0n) is 15.8. The van der Waals surface area contributed by atoms with Gasteiger partial charge < -0.3 is 19.5 Å². The molecule has 1 saturated heterocycles. The normalized spacial score (nSPS) is 19.9. The van der Waals surface area contributed by atoms with Crippen LogP contribution < -0.4 is 10.3 Å². The van der Waals surface area contributed by atoms with Crippen LogP contribution in [0.1, 0.15) is 43.1 Å². The van der Waals surface area contributed by atoms with Crippen LogP contribution in [-0.2, 0) is 4.79 Å². The van der Waals surface area contributed by atoms with Crippen molar-refractivity contribution in [3.8, 4) is 0 Å². The Labute approximate surface area is 161 Å². The third-order valence-corrected chi connectivity index (χ3v) is 5.64. The molecule has 1 aliphatic carbocycles. The molecule has 1 aromatic heterocycles. The molecule has 2 fully saturated rings. The molecule has 0 bridgehead atoms. The molecule has 1 saturated carbocycles. The fourth-order valence-corrected chi connectivity index (χ4v) is 4.05. The molecule has 0 radical (unpaired) electrons. The number of hydrogen-bond donors (Lipinski definition) is 1. The van der Waals surface area contributed by atoms with Crippen molar-refractivity contribution in [3.63, 3.8) is 0 Å². The Balaban J connectivity index is 1.81. The van der Waals surface area contributed by atoms with Gasteiger partial charge in [0, 0.05) is 50.2 Å². The molecule has 8 heteroatoms. The first-order valence-electron chi connectivity index (χ1n) is 9.41. The summed E-state index contributed by atoms with van der Waals surface area (Å²) in [5.41, 5.74) is -0.0789. The average Bonchev–Trinajstić information content (AvgIpc) is 3.46. The number of fused-ring (bicyclic) bond motifs is 1. The number of aromatic carboxylic acids is 1. The molecule has 2 aliphatic rings. The minimum Gasteiger partial charge on any atom is -0.477 e. The number of halogens is 1. The molecule has 1 unspecified atom stereocenters. The summed E-state index contributed by atoms with van der Waals surface area (Å²) in [4.78, 5) is 39.3. The maximum atomic E-state index is 14.9. The van der Waals surface area contributed by atoms with Crippen molar-refractivity contribution in [1.82, 2.24) is 9.47 Å². The van der Waals surface area contributed by atoms with Gasteiger partial charge in [-0.2, -0.15) is 0 Å². The lowest BCUT2D eigenvalue weighted by molar-refractivity contribution is -0.131. The topological polar surface area (TPSA) is 82.8 Å². The lowest BCUT2D eigenvalue weighted by Crippen LogP contribution is -2.53. The molecule has 7 nitrogen and oxygen atoms in total. The van der Waals surface area contributed by atoms with Gasteiger partial charge in [0.05, 0.1) is 11.2 Å². The van der Waals surface area contributed by atoms with Gasteiger partial charge in [-0.3, -0.25) is 9.59 Å². The number of aromatic nitrogens is 1. The molecule has 1 amide bonds. The zero-order valence-corrected chi connectivity index (χ0v) is 15.8. The number of piperazine rings is 1. The Kier molecular flexibility index (Phi) is 4.36. The number of anilines is 1. The van der Waals surface area contributed by atoms with Crippen LogP contribution in [-0.4, -0.2) is 52.1 Å². The molecular weight excluding hydrogens is 365 g/mol. The van der Waals surface area contributed by atoms with Crippen molar-refractivity contribution in [1.29, 1.82) is 0 Å². The van der Waals surface area contributed by atoms with Crippen molar-refractivity contribution in [2.45, 2.75) is 38.8 Å². The average molecular weight is 387 g/mol. The quantitative estimate of drug-likeness (QED) is 0.873. The maximum absolute atomic E-state index is 14.9. The van der Waals surface area contributed by atoms with Crippen LogP contribution in [0.25, 0.3) is 10.9 Å². The van der Waals surface area contributed by atoms with Crippen LogP contribution in [0.2, 0.25) is 0 Å². The van der Waals surface area contributed by atoms with E-state index in [1.807, 2.05) is 11.8 Å². The van der Waals surface area contributed by atoms with E-state index >= 15 is 0 Å². The number of carbonyl (C=O) groups excluding carboxylic acids is 1. The number of carboxylic acid groups (broad SMARTS) is 1. The summed E-state index contributed by atoms with van der Waals surface area (Å²) in [7, 11) is 0. The molecule has 1 N–H and O–H groups in total. The van der Waals surface area contributed by atoms with Gasteiger partial charge >= 0.3 is 5.97 Å². The molecule has 0 spiro atoms. The second kappa shape index (κ2) is 6.61. The summed E-state index contributed by atoms with van der Waals surface area (Å²) in [6.07, 6.45) is 3.18. The fourth-order valence-electron chi connectivity index (χ4n) is 4.05. The van der Waals surface area contributed by atoms with E-state index in [0.29, 0.717) is 30.8 Å². The monoisotopic (exact) mass is 387 g/mol. The lowest BCUT2D eigenvalue weighted by Gasteiger charge is -2.40. The zero-order chi connectivity index (χ0) is 20.2. The van der Waals surface area contributed by atoms with Gasteiger partial charge in [-0.25, -0.2) is 9.18 Å². The van der Waals surface area contributed by atoms with Crippen LogP contribution in [0.3, 0.4) is 0 Å². The highest BCUT2D eigenvalue weighted by atomic mass is 19.1. The Morgan fingerprint density at radius 2 is 1.93 bits per heavy atom. The molecule has 1 atom stereocenters. The highest BCUT2D eigenvalue weighted by Gasteiger charge is 2.30. The van der Waals surface area contributed by atoms with E-state index in [9.17, 15) is 23.9 Å². The standard InChI is InChI=1S/C20H22FN3O4/c1-11-9-22(5-6-23(11)12(2)25)18-8-17-14(7-16(18)21)19(26)15(20(27)28)10-24(17)13-3-4-13/h7-8,10-11,13H,3-6,9H2,1-2H3,(H,27,28). The molecule has 148 valence electrons. The van der Waals surface area contributed by atoms with Gasteiger partial charge in [-0.1, -0.05) is 0 Å². The van der Waals surface area contributed by atoms with Crippen molar-refractivity contribution >= 4 is 28.5 Å². The van der Waals surface area contributed by atoms with Crippen LogP contribution in [0.5, 0.6) is 0 Å². The van der Waals surface area contributed by atoms with Gasteiger partial charge in [-0.15, -0.1) is 0 Å². The van der Waals surface area contributed by atoms with E-state index in [-0.39, 0.29) is 28.9 Å². The summed E-state index contributed by atoms with van der Waals surface area (Å²) in [5.74, 6) is -1.87. The molecule has 1 aliphatic heterocycles. The van der Waals surface area contributed by atoms with Crippen molar-refractivity contribution < 1.29 is 19.1 Å². The number of nitrogens with zero attached hydrogens (tertiary/aromatic N) is 3. The molecule has 28 heavy (non-hydrogen) atoms. The highest BCUT2D eigenvalue weighted by molar-refractivity contribution is 5.93. The Hall–Kier alpha value is -2.90. The summed E-state index contributed by atoms with van der Waals surface area (Å²) in [6, 6.07) is 2.88. The van der Waals surface area contributed by atoms with E-state index in [4.69, 9.17) is 0 Å². The smallest absolute Gasteiger partial charge is 0.341 e. The third-order valence-electron chi connectivity index (χ3n) is 5.64. The van der Waals surface area contributed by atoms with Gasteiger partial charge in [0.1, 0.15) is 11.4 Å². The van der Waals surface area contributed by atoms with Crippen LogP contribution in [0, 0.1) is 5.82 Å². The van der Waals surface area contributed by atoms with E-state index in [0.717, 1.165) is 18.9 Å². The Morgan fingerprint density at radius 3 is 2.50 bits per heavy atom. The number of benzene rings is 1. The predicted molar refractivity (Wildman–Crippen MR) is 102 cm³/mol. The predicted octanol–water partition coefficient (Wildman–Crippen LogP) is 2.23. The highest BCUT2D eigenvalue weighted by Crippen LogP contribution is 2.38. The number of pyridine rings is 1. The number of hydrogen-bond acceptors (Lipinski definition) is 4. The van der Waals surface area contributed by atoms with Crippen molar-refractivity contribution in [2.75, 3.05) is 24.5 Å². The van der Waals surface area contributed by atoms with Crippen LogP contribution >= 0.6 is 0 Å². The number of amides is 1. The molecule has 2 aromatic rings. The van der Waals surface area contributed by atoms with Gasteiger partial charge in [0.15, 0.2) is 0 Å². The fraction of sp³-hybridized carbons (Fsp3) is 0.450. The molecule has 1 aromatic carbocycles. The third kappa shape index (κ3) is 3.02. The minimum atomic E-state index is -1.31. The first kappa shape index (κ1) is 18.5. The molecule has 4 rings (SSSR count). The van der Waals surface area contributed by atoms with Crippen molar-refractivity contribution in [3.05, 3.63) is 39.9 Å². The summed E-state index contributed by atoms with van der Waals surface area (Å²) in [5, 5.41) is 9.42. The second-order valence-corrected chi connectivity index (χ2v) is 7.64. The van der Waals surface area contributed by atoms with Gasteiger partial charge in [0.2, 0.25) is 11.3 Å². The lowest BCUT2D eigenvalue weighted by atomic mass is 10.1. The van der Waals surface area contributed by atoms with Gasteiger partial charge in [-0.05, 0) is 31.9 Å². The molecular formula is C20H22FN3O4. The van der Waals surface area contributed by atoms with E-state index in [1.165, 1.54) is 13.1 Å². The maximum Gasteiger partial charge on any atom is 0.341 e. The van der Waals surface area contributed by atoms with Gasteiger partial charge in [0.25, 0.3) is 0 Å². The second-order valence-electron chi connectivity index (χ2n) is 7.64. The summed E-state index contributed by atoms with van der Waals surface area (Å²) < 4.78 is 16.7. The van der Waals surface area contributed by atoms with E-state index in [1.54, 1.807) is 15.5 Å².